The summed E-state index contributed by atoms with van der Waals surface area (Å²) in [6.07, 6.45) is 0. The van der Waals surface area contributed by atoms with Gasteiger partial charge in [-0.2, -0.15) is 5.10 Å². The van der Waals surface area contributed by atoms with E-state index in [-0.39, 0.29) is 17.5 Å². The smallest absolute Gasteiger partial charge is 0.229 e. The third-order valence-corrected chi connectivity index (χ3v) is 4.71. The zero-order valence-electron chi connectivity index (χ0n) is 13.1. The Labute approximate surface area is 137 Å². The fourth-order valence-electron chi connectivity index (χ4n) is 2.19. The fourth-order valence-corrected chi connectivity index (χ4v) is 2.47. The molecule has 2 rings (SSSR count). The number of halogens is 2. The van der Waals surface area contributed by atoms with Gasteiger partial charge in [-0.3, -0.25) is 9.48 Å². The molecule has 6 heteroatoms. The highest BCUT2D eigenvalue weighted by molar-refractivity contribution is 9.10. The number of nitrogens with one attached hydrogen (secondary N) is 1. The average molecular weight is 368 g/mol. The van der Waals surface area contributed by atoms with Crippen LogP contribution in [0.1, 0.15) is 23.9 Å². The Kier molecular flexibility index (Phi) is 5.01. The molecule has 2 aromatic rings. The lowest BCUT2D eigenvalue weighted by molar-refractivity contribution is -0.119. The molecule has 0 bridgehead atoms. The summed E-state index contributed by atoms with van der Waals surface area (Å²) < 4.78 is 16.4. The van der Waals surface area contributed by atoms with E-state index in [0.717, 1.165) is 21.4 Å². The number of carbonyl (C=O) groups excluding carboxylic acids is 1. The van der Waals surface area contributed by atoms with Gasteiger partial charge in [0.15, 0.2) is 0 Å². The predicted molar refractivity (Wildman–Crippen MR) is 88.3 cm³/mol. The summed E-state index contributed by atoms with van der Waals surface area (Å²) in [7, 11) is 0. The minimum Gasteiger partial charge on any atom is -0.323 e. The first-order valence-electron chi connectivity index (χ1n) is 7.06. The molecule has 0 aliphatic carbocycles. The molecule has 1 amide bonds. The van der Waals surface area contributed by atoms with Crippen molar-refractivity contribution in [2.75, 3.05) is 5.32 Å². The summed E-state index contributed by atoms with van der Waals surface area (Å²) in [5.74, 6) is -0.988. The Morgan fingerprint density at radius 2 is 2.09 bits per heavy atom. The molecule has 1 heterocycles. The maximum atomic E-state index is 13.7. The van der Waals surface area contributed by atoms with Crippen molar-refractivity contribution in [3.63, 3.8) is 0 Å². The van der Waals surface area contributed by atoms with Crippen LogP contribution in [0.3, 0.4) is 0 Å². The standard InChI is InChI=1S/C16H19BrFN3O/c1-9-5-6-13(18)14(7-9)19-16(22)10(2)8-21-12(4)15(17)11(3)20-21/h5-7,10H,8H2,1-4H3,(H,19,22). The van der Waals surface area contributed by atoms with Crippen LogP contribution in [-0.2, 0) is 11.3 Å². The second kappa shape index (κ2) is 6.60. The van der Waals surface area contributed by atoms with E-state index < -0.39 is 5.82 Å². The van der Waals surface area contributed by atoms with E-state index in [4.69, 9.17) is 0 Å². The maximum Gasteiger partial charge on any atom is 0.229 e. The van der Waals surface area contributed by atoms with Gasteiger partial charge in [0.1, 0.15) is 5.82 Å². The molecule has 22 heavy (non-hydrogen) atoms. The van der Waals surface area contributed by atoms with Crippen LogP contribution in [0.15, 0.2) is 22.7 Å². The number of aromatic nitrogens is 2. The van der Waals surface area contributed by atoms with Crippen LogP contribution >= 0.6 is 15.9 Å². The van der Waals surface area contributed by atoms with Crippen molar-refractivity contribution in [1.29, 1.82) is 0 Å². The van der Waals surface area contributed by atoms with Crippen LogP contribution in [0.4, 0.5) is 10.1 Å². The van der Waals surface area contributed by atoms with Crippen LogP contribution < -0.4 is 5.32 Å². The predicted octanol–water partition coefficient (Wildman–Crippen LogP) is 3.98. The molecule has 0 aliphatic heterocycles. The molecule has 4 nitrogen and oxygen atoms in total. The van der Waals surface area contributed by atoms with Crippen LogP contribution in [0.25, 0.3) is 0 Å². The highest BCUT2D eigenvalue weighted by Crippen LogP contribution is 2.21. The number of carbonyl (C=O) groups is 1. The van der Waals surface area contributed by atoms with Crippen molar-refractivity contribution in [1.82, 2.24) is 9.78 Å². The van der Waals surface area contributed by atoms with Gasteiger partial charge in [0, 0.05) is 5.69 Å². The summed E-state index contributed by atoms with van der Waals surface area (Å²) in [6.45, 7) is 7.94. The molecule has 118 valence electrons. The Hall–Kier alpha value is -1.69. The Balaban J connectivity index is 2.09. The van der Waals surface area contributed by atoms with E-state index in [1.165, 1.54) is 6.07 Å². The first-order chi connectivity index (χ1) is 10.3. The van der Waals surface area contributed by atoms with E-state index >= 15 is 0 Å². The Bertz CT molecular complexity index is 712. The first kappa shape index (κ1) is 16.7. The van der Waals surface area contributed by atoms with Gasteiger partial charge in [-0.25, -0.2) is 4.39 Å². The molecule has 0 spiro atoms. The topological polar surface area (TPSA) is 46.9 Å². The third-order valence-electron chi connectivity index (χ3n) is 3.57. The zero-order valence-corrected chi connectivity index (χ0v) is 14.7. The van der Waals surface area contributed by atoms with Gasteiger partial charge in [-0.05, 0) is 54.4 Å². The SMILES string of the molecule is Cc1ccc(F)c(NC(=O)C(C)Cn2nc(C)c(Br)c2C)c1. The van der Waals surface area contributed by atoms with Crippen LogP contribution in [0.5, 0.6) is 0 Å². The van der Waals surface area contributed by atoms with E-state index in [1.54, 1.807) is 23.7 Å². The maximum absolute atomic E-state index is 13.7. The van der Waals surface area contributed by atoms with E-state index in [9.17, 15) is 9.18 Å². The lowest BCUT2D eigenvalue weighted by atomic mass is 10.1. The van der Waals surface area contributed by atoms with Gasteiger partial charge in [-0.1, -0.05) is 13.0 Å². The number of benzene rings is 1. The number of nitrogens with zero attached hydrogens (tertiary/aromatic N) is 2. The lowest BCUT2D eigenvalue weighted by Crippen LogP contribution is -2.25. The number of hydrogen-bond donors (Lipinski definition) is 1. The normalized spacial score (nSPS) is 12.3. The molecule has 1 N–H and O–H groups in total. The summed E-state index contributed by atoms with van der Waals surface area (Å²) >= 11 is 3.46. The van der Waals surface area contributed by atoms with Gasteiger partial charge in [0.05, 0.1) is 28.3 Å². The third kappa shape index (κ3) is 3.55. The van der Waals surface area contributed by atoms with Crippen molar-refractivity contribution in [2.24, 2.45) is 5.92 Å². The monoisotopic (exact) mass is 367 g/mol. The summed E-state index contributed by atoms with van der Waals surface area (Å²) in [6, 6.07) is 4.65. The summed E-state index contributed by atoms with van der Waals surface area (Å²) in [5, 5.41) is 7.03. The van der Waals surface area contributed by atoms with Crippen molar-refractivity contribution >= 4 is 27.5 Å². The molecular weight excluding hydrogens is 349 g/mol. The zero-order chi connectivity index (χ0) is 16.4. The molecule has 0 radical (unpaired) electrons. The quantitative estimate of drug-likeness (QED) is 0.887. The number of rotatable bonds is 4. The van der Waals surface area contributed by atoms with Gasteiger partial charge in [0.25, 0.3) is 0 Å². The van der Waals surface area contributed by atoms with Crippen LogP contribution in [0.2, 0.25) is 0 Å². The summed E-state index contributed by atoms with van der Waals surface area (Å²) in [5.41, 5.74) is 2.96. The van der Waals surface area contributed by atoms with E-state index in [0.29, 0.717) is 6.54 Å². The Morgan fingerprint density at radius 3 is 2.68 bits per heavy atom. The molecule has 0 aliphatic rings. The van der Waals surface area contributed by atoms with Crippen molar-refractivity contribution in [3.05, 3.63) is 45.4 Å². The number of hydrogen-bond acceptors (Lipinski definition) is 2. The number of amides is 1. The van der Waals surface area contributed by atoms with Crippen molar-refractivity contribution < 1.29 is 9.18 Å². The first-order valence-corrected chi connectivity index (χ1v) is 7.85. The van der Waals surface area contributed by atoms with E-state index in [2.05, 4.69) is 26.3 Å². The van der Waals surface area contributed by atoms with Gasteiger partial charge in [0.2, 0.25) is 5.91 Å². The summed E-state index contributed by atoms with van der Waals surface area (Å²) in [4.78, 5) is 12.3. The van der Waals surface area contributed by atoms with Crippen LogP contribution in [-0.4, -0.2) is 15.7 Å². The molecule has 0 saturated carbocycles. The number of aryl methyl sites for hydroxylation is 2. The largest absolute Gasteiger partial charge is 0.323 e. The second-order valence-corrected chi connectivity index (χ2v) is 6.33. The van der Waals surface area contributed by atoms with Gasteiger partial charge in [-0.15, -0.1) is 0 Å². The van der Waals surface area contributed by atoms with Crippen LogP contribution in [0, 0.1) is 32.5 Å². The Morgan fingerprint density at radius 1 is 1.41 bits per heavy atom. The van der Waals surface area contributed by atoms with Crippen molar-refractivity contribution in [2.45, 2.75) is 34.2 Å². The number of anilines is 1. The minimum atomic E-state index is -0.431. The lowest BCUT2D eigenvalue weighted by Gasteiger charge is -2.14. The molecule has 1 aromatic carbocycles. The molecular formula is C16H19BrFN3O. The van der Waals surface area contributed by atoms with E-state index in [1.807, 2.05) is 20.8 Å². The van der Waals surface area contributed by atoms with Gasteiger partial charge < -0.3 is 5.32 Å². The molecule has 1 aromatic heterocycles. The fraction of sp³-hybridized carbons (Fsp3) is 0.375. The molecule has 0 fully saturated rings. The minimum absolute atomic E-state index is 0.214. The second-order valence-electron chi connectivity index (χ2n) is 5.54. The molecule has 1 unspecified atom stereocenters. The average Bonchev–Trinajstić information content (AvgIpc) is 2.70. The van der Waals surface area contributed by atoms with Gasteiger partial charge >= 0.3 is 0 Å². The molecule has 0 saturated heterocycles. The molecule has 1 atom stereocenters. The highest BCUT2D eigenvalue weighted by atomic mass is 79.9. The highest BCUT2D eigenvalue weighted by Gasteiger charge is 2.18. The van der Waals surface area contributed by atoms with Crippen molar-refractivity contribution in [3.8, 4) is 0 Å².